The van der Waals surface area contributed by atoms with Crippen LogP contribution in [0.2, 0.25) is 0 Å². The number of halogens is 10. The van der Waals surface area contributed by atoms with Crippen LogP contribution in [0, 0.1) is 0 Å². The molecule has 1 rings (SSSR count). The van der Waals surface area contributed by atoms with Gasteiger partial charge in [0.1, 0.15) is 6.07 Å². The van der Waals surface area contributed by atoms with Crippen LogP contribution < -0.4 is 0 Å². The molecule has 17 heavy (non-hydrogen) atoms. The quantitative estimate of drug-likeness (QED) is 0.560. The summed E-state index contributed by atoms with van der Waals surface area (Å²) in [7, 11) is 0. The van der Waals surface area contributed by atoms with E-state index in [1.165, 1.54) is 0 Å². The van der Waals surface area contributed by atoms with Crippen molar-refractivity contribution >= 4 is 11.6 Å². The molecule has 1 nitrogen and oxygen atoms in total. The first-order valence-electron chi connectivity index (χ1n) is 3.71. The Morgan fingerprint density at radius 2 is 0.941 bits per heavy atom. The molecule has 1 fully saturated rings. The zero-order valence-electron chi connectivity index (χ0n) is 7.39. The molecule has 0 amide bonds. The second kappa shape index (κ2) is 3.34. The normalized spacial score (nSPS) is 31.4. The van der Waals surface area contributed by atoms with Gasteiger partial charge in [-0.2, -0.15) is 39.5 Å². The van der Waals surface area contributed by atoms with Crippen LogP contribution >= 0.6 is 11.6 Å². The predicted molar refractivity (Wildman–Crippen MR) is 35.4 cm³/mol. The van der Waals surface area contributed by atoms with Crippen LogP contribution in [-0.2, 0) is 4.74 Å². The highest BCUT2D eigenvalue weighted by Crippen LogP contribution is 2.69. The SMILES string of the molecule is FC1(F)C(F)(F)C(F)(F)C(F)(OCCl)C1(F)F. The molecule has 0 atom stereocenters. The van der Waals surface area contributed by atoms with Crippen LogP contribution in [0.15, 0.2) is 0 Å². The molecule has 0 aromatic rings. The molecule has 0 spiro atoms. The monoisotopic (exact) mass is 296 g/mol. The molecule has 0 saturated heterocycles. The lowest BCUT2D eigenvalue weighted by Crippen LogP contribution is -2.56. The third-order valence-electron chi connectivity index (χ3n) is 2.24. The molecule has 0 bridgehead atoms. The molecule has 0 aromatic carbocycles. The minimum atomic E-state index is -6.62. The van der Waals surface area contributed by atoms with E-state index in [0.717, 1.165) is 0 Å². The maximum atomic E-state index is 13.1. The molecule has 0 heterocycles. The van der Waals surface area contributed by atoms with E-state index < -0.39 is 35.6 Å². The first-order chi connectivity index (χ1) is 7.31. The maximum absolute atomic E-state index is 13.1. The Morgan fingerprint density at radius 3 is 1.18 bits per heavy atom. The molecule has 0 aromatic heterocycles. The Labute approximate surface area is 92.5 Å². The Kier molecular flexibility index (Phi) is 2.88. The first-order valence-corrected chi connectivity index (χ1v) is 4.25. The summed E-state index contributed by atoms with van der Waals surface area (Å²) in [6, 6.07) is -1.74. The topological polar surface area (TPSA) is 9.23 Å². The second-order valence-electron chi connectivity index (χ2n) is 3.15. The Hall–Kier alpha value is -0.380. The van der Waals surface area contributed by atoms with Gasteiger partial charge >= 0.3 is 29.5 Å². The fourth-order valence-corrected chi connectivity index (χ4v) is 1.40. The van der Waals surface area contributed by atoms with Crippen molar-refractivity contribution in [3.63, 3.8) is 0 Å². The van der Waals surface area contributed by atoms with Crippen LogP contribution in [0.1, 0.15) is 0 Å². The molecule has 1 aliphatic carbocycles. The summed E-state index contributed by atoms with van der Waals surface area (Å²) in [4.78, 5) is 0. The van der Waals surface area contributed by atoms with Crippen molar-refractivity contribution in [2.24, 2.45) is 0 Å². The van der Waals surface area contributed by atoms with Gasteiger partial charge in [-0.15, -0.1) is 0 Å². The van der Waals surface area contributed by atoms with Crippen LogP contribution in [0.4, 0.5) is 39.5 Å². The zero-order chi connectivity index (χ0) is 13.9. The first kappa shape index (κ1) is 14.7. The molecule has 1 aliphatic rings. The van der Waals surface area contributed by atoms with E-state index in [4.69, 9.17) is 0 Å². The number of alkyl halides is 10. The van der Waals surface area contributed by atoms with Crippen molar-refractivity contribution < 1.29 is 44.3 Å². The van der Waals surface area contributed by atoms with Crippen LogP contribution in [0.3, 0.4) is 0 Å². The van der Waals surface area contributed by atoms with E-state index >= 15 is 0 Å². The highest BCUT2D eigenvalue weighted by Gasteiger charge is 3.01. The van der Waals surface area contributed by atoms with Crippen molar-refractivity contribution in [1.82, 2.24) is 0 Å². The molecule has 102 valence electrons. The van der Waals surface area contributed by atoms with Crippen molar-refractivity contribution in [3.05, 3.63) is 0 Å². The lowest BCUT2D eigenvalue weighted by Gasteiger charge is -2.29. The van der Waals surface area contributed by atoms with Gasteiger partial charge in [0.25, 0.3) is 0 Å². The van der Waals surface area contributed by atoms with Gasteiger partial charge in [0.05, 0.1) is 0 Å². The summed E-state index contributed by atoms with van der Waals surface area (Å²) in [6.07, 6.45) is 0. The predicted octanol–water partition coefficient (Wildman–Crippen LogP) is 3.42. The van der Waals surface area contributed by atoms with E-state index in [0.29, 0.717) is 0 Å². The van der Waals surface area contributed by atoms with E-state index in [2.05, 4.69) is 16.3 Å². The van der Waals surface area contributed by atoms with Gasteiger partial charge in [-0.3, -0.25) is 0 Å². The van der Waals surface area contributed by atoms with E-state index in [-0.39, 0.29) is 0 Å². The third kappa shape index (κ3) is 1.23. The van der Waals surface area contributed by atoms with E-state index in [1.807, 2.05) is 0 Å². The van der Waals surface area contributed by atoms with E-state index in [9.17, 15) is 39.5 Å². The van der Waals surface area contributed by atoms with Crippen molar-refractivity contribution in [2.75, 3.05) is 6.07 Å². The number of hydrogen-bond donors (Lipinski definition) is 0. The smallest absolute Gasteiger partial charge is 0.320 e. The summed E-state index contributed by atoms with van der Waals surface area (Å²) in [5.41, 5.74) is 0. The van der Waals surface area contributed by atoms with Crippen molar-refractivity contribution in [1.29, 1.82) is 0 Å². The standard InChI is InChI=1S/C6H2ClF9O/c7-1-17-6(16)4(12,13)2(8,9)3(10,11)5(6,14)15/h1H2. The largest absolute Gasteiger partial charge is 0.384 e. The maximum Gasteiger partial charge on any atom is 0.384 e. The highest BCUT2D eigenvalue weighted by atomic mass is 35.5. The third-order valence-corrected chi connectivity index (χ3v) is 2.35. The van der Waals surface area contributed by atoms with Gasteiger partial charge in [-0.05, 0) is 0 Å². The minimum absolute atomic E-state index is 1.74. The number of ether oxygens (including phenoxy) is 1. The van der Waals surface area contributed by atoms with E-state index in [1.54, 1.807) is 0 Å². The Bertz CT molecular complexity index is 301. The molecule has 0 unspecified atom stereocenters. The van der Waals surface area contributed by atoms with Crippen molar-refractivity contribution in [3.8, 4) is 0 Å². The molecular formula is C6H2ClF9O. The summed E-state index contributed by atoms with van der Waals surface area (Å²) < 4.78 is 117. The Balaban J connectivity index is 3.53. The molecule has 0 N–H and O–H groups in total. The molecule has 0 radical (unpaired) electrons. The van der Waals surface area contributed by atoms with Gasteiger partial charge in [0, 0.05) is 0 Å². The molecular weight excluding hydrogens is 294 g/mol. The fourth-order valence-electron chi connectivity index (χ4n) is 1.25. The molecule has 11 heteroatoms. The summed E-state index contributed by atoms with van der Waals surface area (Å²) >= 11 is 4.49. The Morgan fingerprint density at radius 1 is 0.647 bits per heavy atom. The lowest BCUT2D eigenvalue weighted by atomic mass is 10.1. The minimum Gasteiger partial charge on any atom is -0.320 e. The zero-order valence-corrected chi connectivity index (χ0v) is 8.15. The molecule has 0 aliphatic heterocycles. The summed E-state index contributed by atoms with van der Waals surface area (Å²) in [6.45, 7) is 0. The van der Waals surface area contributed by atoms with Gasteiger partial charge in [-0.25, -0.2) is 0 Å². The van der Waals surface area contributed by atoms with Gasteiger partial charge < -0.3 is 4.74 Å². The second-order valence-corrected chi connectivity index (χ2v) is 3.36. The average molecular weight is 297 g/mol. The van der Waals surface area contributed by atoms with Crippen molar-refractivity contribution in [2.45, 2.75) is 29.5 Å². The van der Waals surface area contributed by atoms with Gasteiger partial charge in [0.15, 0.2) is 0 Å². The van der Waals surface area contributed by atoms with Crippen LogP contribution in [0.25, 0.3) is 0 Å². The number of hydrogen-bond acceptors (Lipinski definition) is 1. The summed E-state index contributed by atoms with van der Waals surface area (Å²) in [5, 5.41) is 0. The van der Waals surface area contributed by atoms with Crippen LogP contribution in [-0.4, -0.2) is 35.6 Å². The average Bonchev–Trinajstić information content (AvgIpc) is 2.19. The van der Waals surface area contributed by atoms with Gasteiger partial charge in [-0.1, -0.05) is 11.6 Å². The van der Waals surface area contributed by atoms with Crippen LogP contribution in [0.5, 0.6) is 0 Å². The summed E-state index contributed by atoms with van der Waals surface area (Å²) in [5.74, 6) is -32.0. The molecule has 1 saturated carbocycles. The lowest BCUT2D eigenvalue weighted by molar-refractivity contribution is -0.351. The fraction of sp³-hybridized carbons (Fsp3) is 1.00. The van der Waals surface area contributed by atoms with Gasteiger partial charge in [0.2, 0.25) is 0 Å². The highest BCUT2D eigenvalue weighted by molar-refractivity contribution is 6.17. The number of rotatable bonds is 2.